The molecule has 1 aromatic heterocycles. The summed E-state index contributed by atoms with van der Waals surface area (Å²) in [5.74, 6) is 2.10. The van der Waals surface area contributed by atoms with Crippen LogP contribution in [0.25, 0.3) is 11.0 Å². The lowest BCUT2D eigenvalue weighted by Crippen LogP contribution is -2.26. The van der Waals surface area contributed by atoms with Crippen molar-refractivity contribution < 1.29 is 9.53 Å². The molecule has 0 aliphatic carbocycles. The van der Waals surface area contributed by atoms with Crippen molar-refractivity contribution in [2.24, 2.45) is 0 Å². The summed E-state index contributed by atoms with van der Waals surface area (Å²) in [6, 6.07) is 24.5. The number of carbonyl (C=O) groups is 1. The number of aromatic nitrogens is 2. The Hall–Kier alpha value is -3.60. The van der Waals surface area contributed by atoms with Crippen LogP contribution < -0.4 is 10.1 Å². The number of imidazole rings is 1. The van der Waals surface area contributed by atoms with Crippen LogP contribution in [0, 0.1) is 13.8 Å². The minimum Gasteiger partial charge on any atom is -0.494 e. The lowest BCUT2D eigenvalue weighted by molar-refractivity contribution is -0.120. The molecule has 0 radical (unpaired) electrons. The molecule has 0 atom stereocenters. The fourth-order valence-corrected chi connectivity index (χ4v) is 4.46. The van der Waals surface area contributed by atoms with Crippen LogP contribution >= 0.6 is 0 Å². The van der Waals surface area contributed by atoms with E-state index in [1.54, 1.807) is 0 Å². The van der Waals surface area contributed by atoms with Gasteiger partial charge in [0.25, 0.3) is 0 Å². The van der Waals surface area contributed by atoms with Gasteiger partial charge >= 0.3 is 0 Å². The molecule has 0 unspecified atom stereocenters. The first-order chi connectivity index (χ1) is 17.1. The summed E-state index contributed by atoms with van der Waals surface area (Å²) in [5.41, 5.74) is 5.69. The number of unbranched alkanes of at least 4 members (excludes halogenated alkanes) is 1. The molecule has 0 fully saturated rings. The van der Waals surface area contributed by atoms with Gasteiger partial charge in [-0.15, -0.1) is 0 Å². The molecule has 5 nitrogen and oxygen atoms in total. The minimum absolute atomic E-state index is 0.0634. The smallest absolute Gasteiger partial charge is 0.224 e. The van der Waals surface area contributed by atoms with Gasteiger partial charge in [0.15, 0.2) is 0 Å². The normalized spacial score (nSPS) is 11.0. The third kappa shape index (κ3) is 7.19. The molecule has 4 aromatic rings. The highest BCUT2D eigenvalue weighted by atomic mass is 16.5. The number of nitrogens with one attached hydrogen (secondary N) is 1. The van der Waals surface area contributed by atoms with Crippen molar-refractivity contribution >= 4 is 16.9 Å². The van der Waals surface area contributed by atoms with E-state index in [-0.39, 0.29) is 5.91 Å². The lowest BCUT2D eigenvalue weighted by atomic mass is 10.1. The van der Waals surface area contributed by atoms with Crippen molar-refractivity contribution in [3.63, 3.8) is 0 Å². The Morgan fingerprint density at radius 1 is 0.914 bits per heavy atom. The number of hydrogen-bond donors (Lipinski definition) is 1. The van der Waals surface area contributed by atoms with Crippen molar-refractivity contribution in [1.82, 2.24) is 14.9 Å². The first-order valence-corrected chi connectivity index (χ1v) is 12.5. The fourth-order valence-electron chi connectivity index (χ4n) is 4.46. The number of aryl methyl sites for hydroxylation is 4. The quantitative estimate of drug-likeness (QED) is 0.267. The molecule has 5 heteroatoms. The Labute approximate surface area is 208 Å². The molecule has 1 heterocycles. The average molecular weight is 470 g/mol. The first-order valence-electron chi connectivity index (χ1n) is 12.5. The number of carbonyl (C=O) groups excluding carboxylic acids is 1. The molecule has 0 aliphatic rings. The monoisotopic (exact) mass is 469 g/mol. The lowest BCUT2D eigenvalue weighted by Gasteiger charge is -2.11. The van der Waals surface area contributed by atoms with E-state index < -0.39 is 0 Å². The van der Waals surface area contributed by atoms with Gasteiger partial charge in [-0.2, -0.15) is 0 Å². The predicted molar refractivity (Wildman–Crippen MR) is 142 cm³/mol. The Balaban J connectivity index is 1.26. The van der Waals surface area contributed by atoms with Gasteiger partial charge in [-0.05, 0) is 74.1 Å². The number of ether oxygens (including phenoxy) is 1. The van der Waals surface area contributed by atoms with E-state index in [0.717, 1.165) is 54.9 Å². The van der Waals surface area contributed by atoms with E-state index in [9.17, 15) is 4.79 Å². The minimum atomic E-state index is 0.0634. The Bertz CT molecular complexity index is 1230. The highest BCUT2D eigenvalue weighted by Gasteiger charge is 2.11. The summed E-state index contributed by atoms with van der Waals surface area (Å²) in [5, 5.41) is 3.05. The summed E-state index contributed by atoms with van der Waals surface area (Å²) in [6.45, 7) is 6.46. The van der Waals surface area contributed by atoms with Gasteiger partial charge in [-0.1, -0.05) is 48.5 Å². The van der Waals surface area contributed by atoms with Crippen molar-refractivity contribution in [3.8, 4) is 5.75 Å². The molecular formula is C30H35N3O2. The predicted octanol–water partition coefficient (Wildman–Crippen LogP) is 5.80. The van der Waals surface area contributed by atoms with Crippen LogP contribution in [-0.2, 0) is 24.2 Å². The molecule has 1 N–H and O–H groups in total. The number of benzene rings is 3. The highest BCUT2D eigenvalue weighted by molar-refractivity contribution is 5.78. The van der Waals surface area contributed by atoms with Gasteiger partial charge in [-0.3, -0.25) is 4.79 Å². The molecule has 0 saturated heterocycles. The summed E-state index contributed by atoms with van der Waals surface area (Å²) in [6.07, 6.45) is 4.11. The maximum Gasteiger partial charge on any atom is 0.224 e. The van der Waals surface area contributed by atoms with Gasteiger partial charge in [0, 0.05) is 19.5 Å². The van der Waals surface area contributed by atoms with E-state index >= 15 is 0 Å². The van der Waals surface area contributed by atoms with Gasteiger partial charge in [-0.25, -0.2) is 4.98 Å². The number of nitrogens with zero attached hydrogens (tertiary/aromatic N) is 2. The van der Waals surface area contributed by atoms with Crippen molar-refractivity contribution in [1.29, 1.82) is 0 Å². The Morgan fingerprint density at radius 2 is 1.66 bits per heavy atom. The van der Waals surface area contributed by atoms with Crippen LogP contribution in [0.15, 0.2) is 72.8 Å². The van der Waals surface area contributed by atoms with Crippen LogP contribution in [0.4, 0.5) is 0 Å². The van der Waals surface area contributed by atoms with E-state index in [1.165, 1.54) is 16.6 Å². The largest absolute Gasteiger partial charge is 0.494 e. The fraction of sp³-hybridized carbons (Fsp3) is 0.333. The zero-order valence-electron chi connectivity index (χ0n) is 20.8. The molecule has 0 saturated carbocycles. The molecule has 0 spiro atoms. The Kier molecular flexibility index (Phi) is 8.55. The first kappa shape index (κ1) is 24.5. The van der Waals surface area contributed by atoms with E-state index in [1.807, 2.05) is 36.4 Å². The third-order valence-corrected chi connectivity index (χ3v) is 6.08. The van der Waals surface area contributed by atoms with E-state index in [4.69, 9.17) is 9.72 Å². The summed E-state index contributed by atoms with van der Waals surface area (Å²) in [7, 11) is 0. The number of fused-ring (bicyclic) bond motifs is 1. The van der Waals surface area contributed by atoms with Gasteiger partial charge < -0.3 is 14.6 Å². The van der Waals surface area contributed by atoms with Crippen LogP contribution in [0.5, 0.6) is 5.75 Å². The second-order valence-electron chi connectivity index (χ2n) is 9.16. The maximum absolute atomic E-state index is 12.2. The average Bonchev–Trinajstić information content (AvgIpc) is 3.19. The second kappa shape index (κ2) is 12.2. The highest BCUT2D eigenvalue weighted by Crippen LogP contribution is 2.19. The molecule has 3 aromatic carbocycles. The van der Waals surface area contributed by atoms with Crippen molar-refractivity contribution in [2.75, 3.05) is 13.2 Å². The molecule has 182 valence electrons. The molecule has 0 aliphatic heterocycles. The van der Waals surface area contributed by atoms with E-state index in [0.29, 0.717) is 19.6 Å². The summed E-state index contributed by atoms with van der Waals surface area (Å²) in [4.78, 5) is 17.1. The molecule has 1 amide bonds. The zero-order chi connectivity index (χ0) is 24.5. The topological polar surface area (TPSA) is 56.1 Å². The molecule has 4 rings (SSSR count). The number of rotatable bonds is 12. The van der Waals surface area contributed by atoms with Crippen LogP contribution in [0.1, 0.15) is 41.8 Å². The van der Waals surface area contributed by atoms with Gasteiger partial charge in [0.05, 0.1) is 24.1 Å². The number of amides is 1. The molecule has 35 heavy (non-hydrogen) atoms. The summed E-state index contributed by atoms with van der Waals surface area (Å²) < 4.78 is 8.32. The third-order valence-electron chi connectivity index (χ3n) is 6.08. The van der Waals surface area contributed by atoms with Gasteiger partial charge in [0.2, 0.25) is 5.91 Å². The molecular weight excluding hydrogens is 434 g/mol. The number of para-hydroxylation sites is 2. The van der Waals surface area contributed by atoms with Crippen LogP contribution in [-0.4, -0.2) is 28.6 Å². The SMILES string of the molecule is Cc1cc(C)cc(OCCCCn2c(CCCNC(=O)Cc3ccccc3)nc3ccccc32)c1. The van der Waals surface area contributed by atoms with Crippen molar-refractivity contribution in [3.05, 3.63) is 95.3 Å². The maximum atomic E-state index is 12.2. The number of hydrogen-bond acceptors (Lipinski definition) is 3. The second-order valence-corrected chi connectivity index (χ2v) is 9.16. The van der Waals surface area contributed by atoms with Crippen LogP contribution in [0.3, 0.4) is 0 Å². The standard InChI is InChI=1S/C30H35N3O2/c1-23-19-24(2)21-26(20-23)35-18-9-8-17-33-28-14-7-6-13-27(28)32-29(33)15-10-16-31-30(34)22-25-11-4-3-5-12-25/h3-7,11-14,19-21H,8-10,15-18,22H2,1-2H3,(H,31,34). The van der Waals surface area contributed by atoms with E-state index in [2.05, 4.69) is 60.1 Å². The van der Waals surface area contributed by atoms with Crippen molar-refractivity contribution in [2.45, 2.75) is 52.5 Å². The van der Waals surface area contributed by atoms with Crippen LogP contribution in [0.2, 0.25) is 0 Å². The van der Waals surface area contributed by atoms with Gasteiger partial charge in [0.1, 0.15) is 11.6 Å². The Morgan fingerprint density at radius 3 is 2.46 bits per heavy atom. The zero-order valence-corrected chi connectivity index (χ0v) is 20.8. The molecule has 0 bridgehead atoms. The summed E-state index contributed by atoms with van der Waals surface area (Å²) >= 11 is 0.